The van der Waals surface area contributed by atoms with Crippen molar-refractivity contribution in [2.24, 2.45) is 5.92 Å². The molecule has 0 aliphatic heterocycles. The van der Waals surface area contributed by atoms with Crippen LogP contribution in [0.5, 0.6) is 0 Å². The Kier molecular flexibility index (Phi) is 18.4. The molecular weight excluding hydrogens is 314 g/mol. The number of hydrogen-bond acceptors (Lipinski definition) is 4. The summed E-state index contributed by atoms with van der Waals surface area (Å²) in [5.41, 5.74) is 0. The normalized spacial score (nSPS) is 10.9. The van der Waals surface area contributed by atoms with E-state index in [9.17, 15) is 19.8 Å². The minimum Gasteiger partial charge on any atom is -0.550 e. The molecule has 0 aliphatic carbocycles. The second-order valence-corrected chi connectivity index (χ2v) is 4.28. The summed E-state index contributed by atoms with van der Waals surface area (Å²) in [6.45, 7) is 3.94. The fourth-order valence-corrected chi connectivity index (χ4v) is 0.939. The molecule has 0 aromatic heterocycles. The van der Waals surface area contributed by atoms with E-state index in [2.05, 4.69) is 6.92 Å². The Labute approximate surface area is 122 Å². The molecule has 0 rings (SSSR count). The van der Waals surface area contributed by atoms with Crippen LogP contribution in [0.4, 0.5) is 0 Å². The first kappa shape index (κ1) is 22.2. The van der Waals surface area contributed by atoms with Crippen molar-refractivity contribution in [2.75, 3.05) is 0 Å². The monoisotopic (exact) mass is 328 g/mol. The third-order valence-corrected chi connectivity index (χ3v) is 2.27. The SMILES string of the molecule is CCCCC(CC)C(=O)[O-].O=C([O-])C(Cl)Cl.[Ni+2]. The number of aliphatic carboxylic acids is 2. The van der Waals surface area contributed by atoms with Gasteiger partial charge in [0.25, 0.3) is 0 Å². The van der Waals surface area contributed by atoms with E-state index in [-0.39, 0.29) is 22.4 Å². The van der Waals surface area contributed by atoms with Crippen molar-refractivity contribution in [3.05, 3.63) is 0 Å². The number of carboxylic acid groups (broad SMARTS) is 2. The standard InChI is InChI=1S/C8H16O2.C2H2Cl2O2.Ni/c1-3-5-6-7(4-2)8(9)10;3-1(4)2(5)6;/h7H,3-6H2,1-2H3,(H,9,10);1H,(H,5,6);/q;;+2/p-2. The van der Waals surface area contributed by atoms with Crippen LogP contribution in [-0.4, -0.2) is 16.8 Å². The smallest absolute Gasteiger partial charge is 0.550 e. The van der Waals surface area contributed by atoms with Gasteiger partial charge in [-0.15, -0.1) is 0 Å². The van der Waals surface area contributed by atoms with Gasteiger partial charge in [-0.2, -0.15) is 0 Å². The summed E-state index contributed by atoms with van der Waals surface area (Å²) in [5.74, 6) is -2.57. The van der Waals surface area contributed by atoms with Gasteiger partial charge in [0.2, 0.25) is 0 Å². The molecule has 0 aromatic carbocycles. The predicted octanol–water partition coefficient (Wildman–Crippen LogP) is 0.490. The zero-order valence-electron chi connectivity index (χ0n) is 9.69. The molecular formula is C10H16Cl2NiO4. The number of halogens is 2. The summed E-state index contributed by atoms with van der Waals surface area (Å²) in [5, 5.41) is 19.6. The van der Waals surface area contributed by atoms with Gasteiger partial charge in [-0.25, -0.2) is 0 Å². The molecule has 1 unspecified atom stereocenters. The van der Waals surface area contributed by atoms with Crippen molar-refractivity contribution >= 4 is 35.1 Å². The van der Waals surface area contributed by atoms with E-state index in [4.69, 9.17) is 23.2 Å². The van der Waals surface area contributed by atoms with Gasteiger partial charge in [0.15, 0.2) is 0 Å². The molecule has 0 aliphatic rings. The molecule has 0 saturated carbocycles. The molecule has 0 saturated heterocycles. The van der Waals surface area contributed by atoms with Gasteiger partial charge in [-0.3, -0.25) is 0 Å². The number of rotatable bonds is 6. The van der Waals surface area contributed by atoms with Crippen LogP contribution in [0.15, 0.2) is 0 Å². The average Bonchev–Trinajstić information content (AvgIpc) is 2.19. The second-order valence-electron chi connectivity index (χ2n) is 3.19. The van der Waals surface area contributed by atoms with Crippen LogP contribution in [-0.2, 0) is 26.1 Å². The van der Waals surface area contributed by atoms with E-state index in [1.54, 1.807) is 0 Å². The number of unbranched alkanes of at least 4 members (excludes halogenated alkanes) is 1. The maximum Gasteiger partial charge on any atom is 2.00 e. The second kappa shape index (κ2) is 14.1. The van der Waals surface area contributed by atoms with Crippen molar-refractivity contribution in [1.82, 2.24) is 0 Å². The summed E-state index contributed by atoms with van der Waals surface area (Å²) in [4.78, 5) is 18.3. The van der Waals surface area contributed by atoms with Crippen LogP contribution in [0.3, 0.4) is 0 Å². The van der Waals surface area contributed by atoms with Crippen molar-refractivity contribution in [1.29, 1.82) is 0 Å². The van der Waals surface area contributed by atoms with E-state index < -0.39 is 16.8 Å². The molecule has 0 N–H and O–H groups in total. The summed E-state index contributed by atoms with van der Waals surface area (Å²) in [7, 11) is 0. The van der Waals surface area contributed by atoms with Crippen LogP contribution in [0, 0.1) is 5.92 Å². The number of alkyl halides is 2. The maximum atomic E-state index is 10.3. The average molecular weight is 330 g/mol. The van der Waals surface area contributed by atoms with Gasteiger partial charge in [0.05, 0.1) is 5.97 Å². The molecule has 0 spiro atoms. The fourth-order valence-electron chi connectivity index (χ4n) is 0.939. The molecule has 7 heteroatoms. The van der Waals surface area contributed by atoms with Crippen LogP contribution >= 0.6 is 23.2 Å². The van der Waals surface area contributed by atoms with Gasteiger partial charge < -0.3 is 19.8 Å². The van der Waals surface area contributed by atoms with E-state index in [0.29, 0.717) is 6.42 Å². The number of hydrogen-bond donors (Lipinski definition) is 0. The molecule has 0 fully saturated rings. The van der Waals surface area contributed by atoms with Crippen LogP contribution in [0.2, 0.25) is 0 Å². The third-order valence-electron chi connectivity index (χ3n) is 1.91. The van der Waals surface area contributed by atoms with Crippen molar-refractivity contribution in [3.8, 4) is 0 Å². The Hall–Kier alpha value is 0.0135. The Morgan fingerprint density at radius 3 is 1.71 bits per heavy atom. The van der Waals surface area contributed by atoms with Crippen LogP contribution < -0.4 is 10.2 Å². The summed E-state index contributed by atoms with van der Waals surface area (Å²) in [6.07, 6.45) is 3.52. The van der Waals surface area contributed by atoms with Crippen molar-refractivity contribution in [2.45, 2.75) is 44.4 Å². The first-order chi connectivity index (χ1) is 7.36. The van der Waals surface area contributed by atoms with Crippen molar-refractivity contribution in [3.63, 3.8) is 0 Å². The Morgan fingerprint density at radius 2 is 1.53 bits per heavy atom. The summed E-state index contributed by atoms with van der Waals surface area (Å²) >= 11 is 9.43. The maximum absolute atomic E-state index is 10.3. The topological polar surface area (TPSA) is 80.3 Å². The van der Waals surface area contributed by atoms with Gasteiger partial charge >= 0.3 is 16.5 Å². The quantitative estimate of drug-likeness (QED) is 0.524. The Balaban J connectivity index is -0.000000244. The van der Waals surface area contributed by atoms with Gasteiger partial charge in [-0.05, 0) is 18.8 Å². The molecule has 0 amide bonds. The molecule has 0 aromatic rings. The molecule has 17 heavy (non-hydrogen) atoms. The molecule has 104 valence electrons. The summed E-state index contributed by atoms with van der Waals surface area (Å²) in [6, 6.07) is 0. The zero-order valence-corrected chi connectivity index (χ0v) is 12.2. The predicted molar refractivity (Wildman–Crippen MR) is 58.8 cm³/mol. The number of carboxylic acids is 2. The first-order valence-electron chi connectivity index (χ1n) is 5.06. The zero-order chi connectivity index (χ0) is 13.1. The first-order valence-corrected chi connectivity index (χ1v) is 5.93. The van der Waals surface area contributed by atoms with E-state index in [1.165, 1.54) is 0 Å². The minimum absolute atomic E-state index is 0. The summed E-state index contributed by atoms with van der Waals surface area (Å²) < 4.78 is 0. The molecule has 0 bridgehead atoms. The van der Waals surface area contributed by atoms with E-state index in [0.717, 1.165) is 19.3 Å². The Bertz CT molecular complexity index is 212. The van der Waals surface area contributed by atoms with Gasteiger partial charge in [0, 0.05) is 5.97 Å². The number of carbonyl (C=O) groups is 2. The molecule has 0 radical (unpaired) electrons. The largest absolute Gasteiger partial charge is 2.00 e. The van der Waals surface area contributed by atoms with Crippen molar-refractivity contribution < 1.29 is 36.3 Å². The van der Waals surface area contributed by atoms with E-state index >= 15 is 0 Å². The Morgan fingerprint density at radius 1 is 1.12 bits per heavy atom. The molecule has 0 heterocycles. The molecule has 1 atom stereocenters. The molecule has 4 nitrogen and oxygen atoms in total. The fraction of sp³-hybridized carbons (Fsp3) is 0.800. The van der Waals surface area contributed by atoms with Crippen LogP contribution in [0.25, 0.3) is 0 Å². The van der Waals surface area contributed by atoms with Gasteiger partial charge in [-0.1, -0.05) is 49.9 Å². The van der Waals surface area contributed by atoms with Crippen LogP contribution in [0.1, 0.15) is 39.5 Å². The van der Waals surface area contributed by atoms with E-state index in [1.807, 2.05) is 6.92 Å². The number of carbonyl (C=O) groups excluding carboxylic acids is 2. The third kappa shape index (κ3) is 16.0. The van der Waals surface area contributed by atoms with Gasteiger partial charge in [0.1, 0.15) is 4.84 Å². The minimum atomic E-state index is -1.46.